The zero-order valence-corrected chi connectivity index (χ0v) is 10.1. The van der Waals surface area contributed by atoms with Crippen molar-refractivity contribution in [2.75, 3.05) is 26.8 Å². The molecule has 17 heavy (non-hydrogen) atoms. The first kappa shape index (κ1) is 14.4. The largest absolute Gasteiger partial charge is 0.479 e. The van der Waals surface area contributed by atoms with E-state index in [1.54, 1.807) is 7.11 Å². The number of nitrogens with one attached hydrogen (secondary N) is 1. The minimum absolute atomic E-state index is 0.0318. The van der Waals surface area contributed by atoms with Gasteiger partial charge in [0.15, 0.2) is 6.10 Å². The minimum Gasteiger partial charge on any atom is -0.479 e. The maximum Gasteiger partial charge on any atom is 0.332 e. The summed E-state index contributed by atoms with van der Waals surface area (Å²) >= 11 is 0. The van der Waals surface area contributed by atoms with Crippen LogP contribution in [-0.4, -0.2) is 61.3 Å². The van der Waals surface area contributed by atoms with Crippen molar-refractivity contribution in [3.05, 3.63) is 0 Å². The molecule has 6 heteroatoms. The van der Waals surface area contributed by atoms with Gasteiger partial charge in [-0.25, -0.2) is 4.79 Å². The molecule has 6 nitrogen and oxygen atoms in total. The number of carbonyl (C=O) groups is 1. The van der Waals surface area contributed by atoms with Gasteiger partial charge in [0.1, 0.15) is 0 Å². The molecule has 3 atom stereocenters. The van der Waals surface area contributed by atoms with Gasteiger partial charge in [-0.1, -0.05) is 0 Å². The summed E-state index contributed by atoms with van der Waals surface area (Å²) in [6.45, 7) is 1.63. The maximum absolute atomic E-state index is 10.6. The average Bonchev–Trinajstić information content (AvgIpc) is 2.73. The molecular weight excluding hydrogens is 226 g/mol. The Balaban J connectivity index is 2.02. The molecular formula is C11H21NO5. The van der Waals surface area contributed by atoms with Crippen LogP contribution in [0, 0.1) is 0 Å². The van der Waals surface area contributed by atoms with E-state index < -0.39 is 18.2 Å². The van der Waals surface area contributed by atoms with Crippen LogP contribution in [-0.2, 0) is 14.3 Å². The molecule has 1 heterocycles. The first-order valence-electron chi connectivity index (χ1n) is 5.89. The highest BCUT2D eigenvalue weighted by atomic mass is 16.5. The minimum atomic E-state index is -0.886. The van der Waals surface area contributed by atoms with E-state index in [1.807, 2.05) is 0 Å². The predicted octanol–water partition coefficient (Wildman–Crippen LogP) is -0.394. The third kappa shape index (κ3) is 5.45. The number of carboxylic acids is 1. The molecule has 1 aliphatic heterocycles. The quantitative estimate of drug-likeness (QED) is 0.506. The highest BCUT2D eigenvalue weighted by Gasteiger charge is 2.29. The van der Waals surface area contributed by atoms with E-state index in [2.05, 4.69) is 5.32 Å². The van der Waals surface area contributed by atoms with Gasteiger partial charge >= 0.3 is 5.97 Å². The lowest BCUT2D eigenvalue weighted by atomic mass is 10.2. The van der Waals surface area contributed by atoms with E-state index in [1.165, 1.54) is 0 Å². The van der Waals surface area contributed by atoms with Gasteiger partial charge in [-0.15, -0.1) is 0 Å². The molecule has 0 radical (unpaired) electrons. The zero-order chi connectivity index (χ0) is 12.7. The van der Waals surface area contributed by atoms with E-state index in [0.717, 1.165) is 6.42 Å². The van der Waals surface area contributed by atoms with Crippen LogP contribution in [0.2, 0.25) is 0 Å². The van der Waals surface area contributed by atoms with E-state index in [0.29, 0.717) is 32.5 Å². The fraction of sp³-hybridized carbons (Fsp3) is 0.909. The van der Waals surface area contributed by atoms with Crippen LogP contribution in [0.4, 0.5) is 0 Å². The maximum atomic E-state index is 10.6. The lowest BCUT2D eigenvalue weighted by Gasteiger charge is -2.13. The molecule has 0 bridgehead atoms. The van der Waals surface area contributed by atoms with E-state index >= 15 is 0 Å². The number of hydrogen-bond acceptors (Lipinski definition) is 5. The average molecular weight is 247 g/mol. The van der Waals surface area contributed by atoms with Gasteiger partial charge in [-0.2, -0.15) is 0 Å². The highest BCUT2D eigenvalue weighted by molar-refractivity contribution is 5.72. The van der Waals surface area contributed by atoms with E-state index in [-0.39, 0.29) is 6.10 Å². The van der Waals surface area contributed by atoms with Gasteiger partial charge in [0, 0.05) is 13.7 Å². The Labute approximate surface area is 101 Å². The summed E-state index contributed by atoms with van der Waals surface area (Å²) < 4.78 is 10.1. The number of aliphatic hydroxyl groups excluding tert-OH is 1. The number of aliphatic carboxylic acids is 1. The van der Waals surface area contributed by atoms with Crippen LogP contribution >= 0.6 is 0 Å². The Kier molecular flexibility index (Phi) is 6.43. The third-order valence-corrected chi connectivity index (χ3v) is 2.77. The van der Waals surface area contributed by atoms with Crippen LogP contribution in [0.5, 0.6) is 0 Å². The van der Waals surface area contributed by atoms with Crippen molar-refractivity contribution in [1.29, 1.82) is 0 Å². The lowest BCUT2D eigenvalue weighted by Crippen LogP contribution is -2.31. The smallest absolute Gasteiger partial charge is 0.332 e. The summed E-state index contributed by atoms with van der Waals surface area (Å²) in [5.74, 6) is -0.886. The number of hydrogen-bond donors (Lipinski definition) is 3. The standard InChI is InChI=1S/C11H21NO5/c1-16-7-8(13)4-5-12-6-9-2-3-10(17-9)11(14)15/h8-10,12-13H,2-7H2,1H3,(H,14,15). The SMILES string of the molecule is COCC(O)CCNCC1CCC(C(=O)O)O1. The molecule has 0 aromatic heterocycles. The van der Waals surface area contributed by atoms with Gasteiger partial charge in [-0.3, -0.25) is 0 Å². The predicted molar refractivity (Wildman–Crippen MR) is 60.9 cm³/mol. The van der Waals surface area contributed by atoms with Crippen LogP contribution in [0.3, 0.4) is 0 Å². The Morgan fingerprint density at radius 1 is 1.59 bits per heavy atom. The van der Waals surface area contributed by atoms with Gasteiger partial charge < -0.3 is 25.0 Å². The number of carboxylic acid groups (broad SMARTS) is 1. The van der Waals surface area contributed by atoms with Gasteiger partial charge in [0.25, 0.3) is 0 Å². The van der Waals surface area contributed by atoms with E-state index in [9.17, 15) is 9.90 Å². The second-order valence-corrected chi connectivity index (χ2v) is 4.26. The molecule has 1 saturated heterocycles. The summed E-state index contributed by atoms with van der Waals surface area (Å²) in [6.07, 6.45) is 0.821. The van der Waals surface area contributed by atoms with Gasteiger partial charge in [0.05, 0.1) is 18.8 Å². The second kappa shape index (κ2) is 7.60. The van der Waals surface area contributed by atoms with Gasteiger partial charge in [-0.05, 0) is 25.8 Å². The fourth-order valence-electron chi connectivity index (χ4n) is 1.84. The van der Waals surface area contributed by atoms with Gasteiger partial charge in [0.2, 0.25) is 0 Å². The Hall–Kier alpha value is -0.690. The molecule has 3 N–H and O–H groups in total. The number of ether oxygens (including phenoxy) is 2. The molecule has 3 unspecified atom stereocenters. The normalized spacial score (nSPS) is 26.0. The summed E-state index contributed by atoms with van der Waals surface area (Å²) in [5.41, 5.74) is 0. The third-order valence-electron chi connectivity index (χ3n) is 2.77. The Bertz CT molecular complexity index is 236. The fourth-order valence-corrected chi connectivity index (χ4v) is 1.84. The number of aliphatic hydroxyl groups is 1. The number of rotatable bonds is 8. The summed E-state index contributed by atoms with van der Waals surface area (Å²) in [6, 6.07) is 0. The molecule has 1 fully saturated rings. The molecule has 0 aliphatic carbocycles. The molecule has 0 saturated carbocycles. The molecule has 0 aromatic carbocycles. The Morgan fingerprint density at radius 2 is 2.35 bits per heavy atom. The van der Waals surface area contributed by atoms with Crippen molar-refractivity contribution in [2.24, 2.45) is 0 Å². The molecule has 0 amide bonds. The highest BCUT2D eigenvalue weighted by Crippen LogP contribution is 2.19. The topological polar surface area (TPSA) is 88.0 Å². The monoisotopic (exact) mass is 247 g/mol. The van der Waals surface area contributed by atoms with Crippen molar-refractivity contribution in [2.45, 2.75) is 37.6 Å². The summed E-state index contributed by atoms with van der Waals surface area (Å²) in [4.78, 5) is 10.6. The zero-order valence-electron chi connectivity index (χ0n) is 10.1. The summed E-state index contributed by atoms with van der Waals surface area (Å²) in [7, 11) is 1.55. The Morgan fingerprint density at radius 3 is 2.94 bits per heavy atom. The second-order valence-electron chi connectivity index (χ2n) is 4.26. The van der Waals surface area contributed by atoms with Crippen molar-refractivity contribution in [1.82, 2.24) is 5.32 Å². The first-order chi connectivity index (χ1) is 8.13. The van der Waals surface area contributed by atoms with Crippen molar-refractivity contribution in [3.8, 4) is 0 Å². The van der Waals surface area contributed by atoms with Crippen molar-refractivity contribution >= 4 is 5.97 Å². The molecule has 0 aromatic rings. The van der Waals surface area contributed by atoms with Crippen molar-refractivity contribution < 1.29 is 24.5 Å². The molecule has 1 rings (SSSR count). The lowest BCUT2D eigenvalue weighted by molar-refractivity contribution is -0.149. The van der Waals surface area contributed by atoms with Crippen molar-refractivity contribution in [3.63, 3.8) is 0 Å². The summed E-state index contributed by atoms with van der Waals surface area (Å²) in [5, 5.41) is 21.3. The first-order valence-corrected chi connectivity index (χ1v) is 5.89. The van der Waals surface area contributed by atoms with Crippen LogP contribution < -0.4 is 5.32 Å². The number of methoxy groups -OCH3 is 1. The molecule has 100 valence electrons. The molecule has 1 aliphatic rings. The molecule has 0 spiro atoms. The van der Waals surface area contributed by atoms with Crippen LogP contribution in [0.1, 0.15) is 19.3 Å². The van der Waals surface area contributed by atoms with E-state index in [4.69, 9.17) is 14.6 Å². The van der Waals surface area contributed by atoms with Crippen LogP contribution in [0.15, 0.2) is 0 Å². The van der Waals surface area contributed by atoms with Crippen LogP contribution in [0.25, 0.3) is 0 Å².